The predicted molar refractivity (Wildman–Crippen MR) is 84.5 cm³/mol. The Hall–Kier alpha value is -1.84. The Labute approximate surface area is 126 Å². The summed E-state index contributed by atoms with van der Waals surface area (Å²) in [6.45, 7) is 6.67. The molecule has 0 saturated heterocycles. The second-order valence-corrected chi connectivity index (χ2v) is 5.57. The maximum absolute atomic E-state index is 13.1. The van der Waals surface area contributed by atoms with Gasteiger partial charge in [-0.05, 0) is 31.4 Å². The Kier molecular flexibility index (Phi) is 4.66. The fraction of sp³-hybridized carbons (Fsp3) is 0.529. The van der Waals surface area contributed by atoms with Crippen LogP contribution in [0.4, 0.5) is 5.69 Å². The van der Waals surface area contributed by atoms with Crippen LogP contribution in [-0.4, -0.2) is 23.9 Å². The molecule has 0 atom stereocenters. The number of carbonyl (C=O) groups is 2. The van der Waals surface area contributed by atoms with Crippen LogP contribution in [0.2, 0.25) is 0 Å². The van der Waals surface area contributed by atoms with Gasteiger partial charge in [0.2, 0.25) is 0 Å². The van der Waals surface area contributed by atoms with E-state index in [2.05, 4.69) is 12.2 Å². The van der Waals surface area contributed by atoms with E-state index in [-0.39, 0.29) is 11.8 Å². The minimum absolute atomic E-state index is 0.0132. The molecule has 0 radical (unpaired) electrons. The minimum atomic E-state index is -0.788. The van der Waals surface area contributed by atoms with E-state index in [1.807, 2.05) is 32.0 Å². The number of carbonyl (C=O) groups excluding carboxylic acids is 2. The van der Waals surface area contributed by atoms with Crippen LogP contribution in [0.15, 0.2) is 24.3 Å². The van der Waals surface area contributed by atoms with Crippen LogP contribution in [0, 0.1) is 0 Å². The number of unbranched alkanes of at least 4 members (excludes halogenated alkanes) is 1. The first-order valence-corrected chi connectivity index (χ1v) is 7.83. The van der Waals surface area contributed by atoms with Crippen molar-refractivity contribution >= 4 is 17.5 Å². The van der Waals surface area contributed by atoms with Crippen molar-refractivity contribution in [2.24, 2.45) is 0 Å². The van der Waals surface area contributed by atoms with Gasteiger partial charge in [-0.1, -0.05) is 39.3 Å². The highest BCUT2D eigenvalue weighted by Gasteiger charge is 2.43. The molecule has 1 heterocycles. The highest BCUT2D eigenvalue weighted by molar-refractivity contribution is 6.12. The summed E-state index contributed by atoms with van der Waals surface area (Å²) >= 11 is 0. The molecule has 1 N–H and O–H groups in total. The first kappa shape index (κ1) is 15.5. The van der Waals surface area contributed by atoms with E-state index >= 15 is 0 Å². The zero-order valence-corrected chi connectivity index (χ0v) is 13.1. The van der Waals surface area contributed by atoms with Crippen LogP contribution < -0.4 is 10.2 Å². The number of para-hydroxylation sites is 1. The van der Waals surface area contributed by atoms with Gasteiger partial charge in [-0.25, -0.2) is 0 Å². The van der Waals surface area contributed by atoms with Gasteiger partial charge in [-0.2, -0.15) is 0 Å². The lowest BCUT2D eigenvalue weighted by Crippen LogP contribution is -2.57. The lowest BCUT2D eigenvalue weighted by molar-refractivity contribution is -0.124. The molecule has 4 nitrogen and oxygen atoms in total. The summed E-state index contributed by atoms with van der Waals surface area (Å²) in [5.74, 6) is -0.138. The van der Waals surface area contributed by atoms with E-state index in [1.165, 1.54) is 0 Å². The Bertz CT molecular complexity index is 535. The Morgan fingerprint density at radius 3 is 2.38 bits per heavy atom. The van der Waals surface area contributed by atoms with Crippen molar-refractivity contribution in [2.75, 3.05) is 11.4 Å². The number of hydrogen-bond acceptors (Lipinski definition) is 2. The molecular weight excluding hydrogens is 264 g/mol. The van der Waals surface area contributed by atoms with Crippen LogP contribution in [-0.2, 0) is 4.79 Å². The van der Waals surface area contributed by atoms with Gasteiger partial charge in [-0.15, -0.1) is 0 Å². The summed E-state index contributed by atoms with van der Waals surface area (Å²) in [6, 6.07) is 7.37. The molecule has 4 heteroatoms. The molecule has 21 heavy (non-hydrogen) atoms. The van der Waals surface area contributed by atoms with E-state index in [9.17, 15) is 9.59 Å². The van der Waals surface area contributed by atoms with Crippen molar-refractivity contribution in [3.05, 3.63) is 29.8 Å². The van der Waals surface area contributed by atoms with E-state index in [1.54, 1.807) is 11.0 Å². The molecule has 0 spiro atoms. The molecule has 0 fully saturated rings. The number of amides is 2. The number of fused-ring (bicyclic) bond motifs is 1. The minimum Gasteiger partial charge on any atom is -0.338 e. The summed E-state index contributed by atoms with van der Waals surface area (Å²) in [5.41, 5.74) is 0.534. The molecule has 1 aromatic carbocycles. The fourth-order valence-corrected chi connectivity index (χ4v) is 2.87. The SMILES string of the molecule is CCCCN1C(=O)C(CC)(CC)NC(=O)c2ccccc21. The number of benzene rings is 1. The average Bonchev–Trinajstić information content (AvgIpc) is 2.61. The number of nitrogens with one attached hydrogen (secondary N) is 1. The predicted octanol–water partition coefficient (Wildman–Crippen LogP) is 3.12. The van der Waals surface area contributed by atoms with Crippen LogP contribution >= 0.6 is 0 Å². The molecule has 0 saturated carbocycles. The summed E-state index contributed by atoms with van der Waals surface area (Å²) in [4.78, 5) is 27.4. The van der Waals surface area contributed by atoms with Gasteiger partial charge in [0, 0.05) is 6.54 Å². The Morgan fingerprint density at radius 1 is 1.10 bits per heavy atom. The highest BCUT2D eigenvalue weighted by atomic mass is 16.2. The first-order valence-electron chi connectivity index (χ1n) is 7.83. The van der Waals surface area contributed by atoms with Gasteiger partial charge in [-0.3, -0.25) is 9.59 Å². The van der Waals surface area contributed by atoms with Gasteiger partial charge < -0.3 is 10.2 Å². The largest absolute Gasteiger partial charge is 0.338 e. The van der Waals surface area contributed by atoms with Crippen LogP contribution in [0.1, 0.15) is 56.8 Å². The summed E-state index contributed by atoms with van der Waals surface area (Å²) < 4.78 is 0. The molecule has 2 rings (SSSR count). The third kappa shape index (κ3) is 2.67. The second-order valence-electron chi connectivity index (χ2n) is 5.57. The number of rotatable bonds is 5. The van der Waals surface area contributed by atoms with Crippen molar-refractivity contribution in [3.63, 3.8) is 0 Å². The van der Waals surface area contributed by atoms with Crippen LogP contribution in [0.25, 0.3) is 0 Å². The summed E-state index contributed by atoms with van der Waals surface area (Å²) in [6.07, 6.45) is 3.14. The normalized spacial score (nSPS) is 17.2. The zero-order chi connectivity index (χ0) is 15.5. The zero-order valence-electron chi connectivity index (χ0n) is 13.1. The van der Waals surface area contributed by atoms with Crippen molar-refractivity contribution in [1.82, 2.24) is 5.32 Å². The molecule has 0 aromatic heterocycles. The smallest absolute Gasteiger partial charge is 0.254 e. The maximum Gasteiger partial charge on any atom is 0.254 e. The van der Waals surface area contributed by atoms with Gasteiger partial charge >= 0.3 is 0 Å². The molecule has 0 unspecified atom stereocenters. The lowest BCUT2D eigenvalue weighted by Gasteiger charge is -2.34. The van der Waals surface area contributed by atoms with E-state index in [0.29, 0.717) is 24.9 Å². The lowest BCUT2D eigenvalue weighted by atomic mass is 9.91. The van der Waals surface area contributed by atoms with Gasteiger partial charge in [0.15, 0.2) is 0 Å². The summed E-state index contributed by atoms with van der Waals surface area (Å²) in [5, 5.41) is 2.97. The third-order valence-electron chi connectivity index (χ3n) is 4.39. The molecule has 2 amide bonds. The van der Waals surface area contributed by atoms with Crippen molar-refractivity contribution < 1.29 is 9.59 Å². The van der Waals surface area contributed by atoms with E-state index in [0.717, 1.165) is 18.5 Å². The number of hydrogen-bond donors (Lipinski definition) is 1. The fourth-order valence-electron chi connectivity index (χ4n) is 2.87. The van der Waals surface area contributed by atoms with Crippen LogP contribution in [0.3, 0.4) is 0 Å². The topological polar surface area (TPSA) is 49.4 Å². The first-order chi connectivity index (χ1) is 10.1. The number of anilines is 1. The third-order valence-corrected chi connectivity index (χ3v) is 4.39. The average molecular weight is 288 g/mol. The monoisotopic (exact) mass is 288 g/mol. The highest BCUT2D eigenvalue weighted by Crippen LogP contribution is 2.30. The van der Waals surface area contributed by atoms with Gasteiger partial charge in [0.1, 0.15) is 5.54 Å². The number of nitrogens with zero attached hydrogens (tertiary/aromatic N) is 1. The summed E-state index contributed by atoms with van der Waals surface area (Å²) in [7, 11) is 0. The van der Waals surface area contributed by atoms with E-state index < -0.39 is 5.54 Å². The second kappa shape index (κ2) is 6.29. The van der Waals surface area contributed by atoms with Crippen molar-refractivity contribution in [1.29, 1.82) is 0 Å². The van der Waals surface area contributed by atoms with E-state index in [4.69, 9.17) is 0 Å². The molecule has 114 valence electrons. The molecular formula is C17H24N2O2. The Balaban J connectivity index is 2.54. The molecule has 1 aliphatic rings. The van der Waals surface area contributed by atoms with Gasteiger partial charge in [0.25, 0.3) is 11.8 Å². The Morgan fingerprint density at radius 2 is 1.76 bits per heavy atom. The maximum atomic E-state index is 13.1. The van der Waals surface area contributed by atoms with Crippen molar-refractivity contribution in [3.8, 4) is 0 Å². The van der Waals surface area contributed by atoms with Gasteiger partial charge in [0.05, 0.1) is 11.3 Å². The quantitative estimate of drug-likeness (QED) is 0.905. The molecule has 1 aromatic rings. The van der Waals surface area contributed by atoms with Crippen LogP contribution in [0.5, 0.6) is 0 Å². The standard InChI is InChI=1S/C17H24N2O2/c1-4-7-12-19-14-11-9-8-10-13(14)15(20)18-17(5-2,6-3)16(19)21/h8-11H,4-7,12H2,1-3H3,(H,18,20). The van der Waals surface area contributed by atoms with Crippen molar-refractivity contribution in [2.45, 2.75) is 52.0 Å². The molecule has 0 aliphatic carbocycles. The molecule has 0 bridgehead atoms. The molecule has 1 aliphatic heterocycles.